The Morgan fingerprint density at radius 3 is 2.34 bits per heavy atom. The first-order chi connectivity index (χ1) is 13.9. The van der Waals surface area contributed by atoms with Crippen LogP contribution in [0.3, 0.4) is 0 Å². The van der Waals surface area contributed by atoms with E-state index in [9.17, 15) is 9.59 Å². The Kier molecular flexibility index (Phi) is 6.54. The Morgan fingerprint density at radius 1 is 0.966 bits per heavy atom. The number of nitrogens with zero attached hydrogens (tertiary/aromatic N) is 1. The van der Waals surface area contributed by atoms with Gasteiger partial charge in [-0.25, -0.2) is 0 Å². The molecule has 0 bridgehead atoms. The van der Waals surface area contributed by atoms with Crippen LogP contribution in [0.15, 0.2) is 46.0 Å². The lowest BCUT2D eigenvalue weighted by Crippen LogP contribution is -2.37. The minimum absolute atomic E-state index is 0.0370. The standard InChI is InChI=1S/C23H29N3O3/c1-15(2)29-19-11-10-16-8-5-6-9-17(16)18(19)14-25-21-20(22(27)23(21)28)24-12-7-13-26(3)4/h5-6,8-11,15,24-25H,7,12-14H2,1-4H3. The van der Waals surface area contributed by atoms with Crippen LogP contribution in [0.4, 0.5) is 11.4 Å². The van der Waals surface area contributed by atoms with Crippen molar-refractivity contribution in [2.45, 2.75) is 32.9 Å². The molecule has 0 radical (unpaired) electrons. The van der Waals surface area contributed by atoms with E-state index >= 15 is 0 Å². The number of hydrogen-bond acceptors (Lipinski definition) is 6. The first kappa shape index (κ1) is 20.9. The van der Waals surface area contributed by atoms with E-state index in [1.54, 1.807) is 0 Å². The van der Waals surface area contributed by atoms with E-state index in [0.717, 1.165) is 35.1 Å². The predicted octanol–water partition coefficient (Wildman–Crippen LogP) is 3.20. The summed E-state index contributed by atoms with van der Waals surface area (Å²) >= 11 is 0. The van der Waals surface area contributed by atoms with Gasteiger partial charge in [-0.2, -0.15) is 0 Å². The molecule has 3 aromatic carbocycles. The van der Waals surface area contributed by atoms with Crippen molar-refractivity contribution in [1.82, 2.24) is 4.90 Å². The summed E-state index contributed by atoms with van der Waals surface area (Å²) in [6.07, 6.45) is 0.927. The van der Waals surface area contributed by atoms with E-state index in [2.05, 4.69) is 15.5 Å². The monoisotopic (exact) mass is 395 g/mol. The van der Waals surface area contributed by atoms with Crippen LogP contribution in [0.1, 0.15) is 25.8 Å². The van der Waals surface area contributed by atoms with Crippen molar-refractivity contribution in [3.8, 4) is 5.75 Å². The number of fused-ring (bicyclic) bond motifs is 1. The smallest absolute Gasteiger partial charge is 0.253 e. The molecule has 0 saturated carbocycles. The predicted molar refractivity (Wildman–Crippen MR) is 120 cm³/mol. The van der Waals surface area contributed by atoms with Gasteiger partial charge in [-0.1, -0.05) is 30.3 Å². The fraction of sp³-hybridized carbons (Fsp3) is 0.391. The van der Waals surface area contributed by atoms with Gasteiger partial charge in [0.25, 0.3) is 10.9 Å². The molecule has 154 valence electrons. The number of ether oxygens (including phenoxy) is 1. The molecule has 0 amide bonds. The van der Waals surface area contributed by atoms with Gasteiger partial charge in [-0.3, -0.25) is 9.59 Å². The molecule has 0 heterocycles. The quantitative estimate of drug-likeness (QED) is 0.406. The molecule has 29 heavy (non-hydrogen) atoms. The van der Waals surface area contributed by atoms with Gasteiger partial charge in [0.2, 0.25) is 0 Å². The first-order valence-corrected chi connectivity index (χ1v) is 10.0. The number of rotatable bonds is 10. The molecule has 0 aliphatic carbocycles. The molecule has 0 unspecified atom stereocenters. The molecule has 0 aliphatic rings. The van der Waals surface area contributed by atoms with Gasteiger partial charge < -0.3 is 20.3 Å². The molecule has 3 aromatic rings. The van der Waals surface area contributed by atoms with E-state index in [1.807, 2.05) is 64.3 Å². The minimum atomic E-state index is -0.466. The number of hydrogen-bond donors (Lipinski definition) is 2. The summed E-state index contributed by atoms with van der Waals surface area (Å²) < 4.78 is 5.99. The van der Waals surface area contributed by atoms with Crippen molar-refractivity contribution < 1.29 is 4.74 Å². The van der Waals surface area contributed by atoms with E-state index in [0.29, 0.717) is 24.5 Å². The van der Waals surface area contributed by atoms with Crippen LogP contribution in [-0.4, -0.2) is 38.2 Å². The highest BCUT2D eigenvalue weighted by molar-refractivity contribution is 5.88. The summed E-state index contributed by atoms with van der Waals surface area (Å²) in [7, 11) is 4.01. The summed E-state index contributed by atoms with van der Waals surface area (Å²) in [5.41, 5.74) is 0.813. The molecule has 0 atom stereocenters. The molecule has 0 saturated heterocycles. The number of benzene rings is 2. The van der Waals surface area contributed by atoms with Crippen LogP contribution < -0.4 is 26.2 Å². The average molecular weight is 396 g/mol. The Bertz CT molecular complexity index is 1050. The van der Waals surface area contributed by atoms with Crippen LogP contribution in [0.5, 0.6) is 5.75 Å². The molecule has 0 aromatic heterocycles. The van der Waals surface area contributed by atoms with Crippen molar-refractivity contribution in [3.05, 3.63) is 62.4 Å². The summed E-state index contributed by atoms with van der Waals surface area (Å²) in [6, 6.07) is 12.1. The van der Waals surface area contributed by atoms with Gasteiger partial charge in [0.1, 0.15) is 17.1 Å². The van der Waals surface area contributed by atoms with Crippen LogP contribution in [-0.2, 0) is 6.54 Å². The third kappa shape index (κ3) is 4.77. The van der Waals surface area contributed by atoms with Crippen LogP contribution in [0.2, 0.25) is 0 Å². The van der Waals surface area contributed by atoms with Crippen molar-refractivity contribution in [2.75, 3.05) is 37.8 Å². The zero-order valence-corrected chi connectivity index (χ0v) is 17.5. The highest BCUT2D eigenvalue weighted by atomic mass is 16.5. The lowest BCUT2D eigenvalue weighted by Gasteiger charge is -2.19. The van der Waals surface area contributed by atoms with Crippen LogP contribution in [0.25, 0.3) is 10.8 Å². The van der Waals surface area contributed by atoms with Crippen LogP contribution >= 0.6 is 0 Å². The maximum atomic E-state index is 12.1. The van der Waals surface area contributed by atoms with Crippen molar-refractivity contribution >= 4 is 22.1 Å². The van der Waals surface area contributed by atoms with Crippen molar-refractivity contribution in [2.24, 2.45) is 0 Å². The largest absolute Gasteiger partial charge is 0.491 e. The Labute approximate surface area is 171 Å². The number of anilines is 2. The van der Waals surface area contributed by atoms with E-state index < -0.39 is 10.9 Å². The molecule has 0 fully saturated rings. The Morgan fingerprint density at radius 2 is 1.66 bits per heavy atom. The summed E-state index contributed by atoms with van der Waals surface area (Å²) in [6.45, 7) is 5.93. The zero-order valence-electron chi connectivity index (χ0n) is 17.5. The minimum Gasteiger partial charge on any atom is -0.491 e. The summed E-state index contributed by atoms with van der Waals surface area (Å²) in [5.74, 6) is 0.783. The van der Waals surface area contributed by atoms with Gasteiger partial charge >= 0.3 is 0 Å². The zero-order chi connectivity index (χ0) is 21.0. The molecule has 6 nitrogen and oxygen atoms in total. The van der Waals surface area contributed by atoms with Crippen molar-refractivity contribution in [3.63, 3.8) is 0 Å². The topological polar surface area (TPSA) is 70.7 Å². The molecule has 0 spiro atoms. The molecule has 3 rings (SSSR count). The SMILES string of the molecule is CC(C)Oc1ccc2ccccc2c1CNc1c(NCCCN(C)C)c(=O)c1=O. The van der Waals surface area contributed by atoms with Gasteiger partial charge in [0, 0.05) is 18.7 Å². The third-order valence-corrected chi connectivity index (χ3v) is 4.80. The second-order valence-electron chi connectivity index (χ2n) is 7.78. The molecular formula is C23H29N3O3. The normalized spacial score (nSPS) is 11.5. The lowest BCUT2D eigenvalue weighted by atomic mass is 10.0. The van der Waals surface area contributed by atoms with Gasteiger partial charge in [0.15, 0.2) is 0 Å². The summed E-state index contributed by atoms with van der Waals surface area (Å²) in [5, 5.41) is 8.46. The summed E-state index contributed by atoms with van der Waals surface area (Å²) in [4.78, 5) is 26.2. The molecule has 6 heteroatoms. The Hall–Kier alpha value is -2.86. The Balaban J connectivity index is 1.80. The van der Waals surface area contributed by atoms with Gasteiger partial charge in [0.05, 0.1) is 6.10 Å². The first-order valence-electron chi connectivity index (χ1n) is 10.0. The highest BCUT2D eigenvalue weighted by Gasteiger charge is 2.21. The third-order valence-electron chi connectivity index (χ3n) is 4.80. The highest BCUT2D eigenvalue weighted by Crippen LogP contribution is 2.30. The molecular weight excluding hydrogens is 366 g/mol. The molecule has 2 N–H and O–H groups in total. The molecule has 0 aliphatic heterocycles. The number of nitrogens with one attached hydrogen (secondary N) is 2. The van der Waals surface area contributed by atoms with Crippen molar-refractivity contribution in [1.29, 1.82) is 0 Å². The second kappa shape index (κ2) is 9.09. The van der Waals surface area contributed by atoms with Crippen LogP contribution in [0, 0.1) is 0 Å². The second-order valence-corrected chi connectivity index (χ2v) is 7.78. The fourth-order valence-electron chi connectivity index (χ4n) is 3.38. The van der Waals surface area contributed by atoms with E-state index in [4.69, 9.17) is 4.74 Å². The maximum absolute atomic E-state index is 12.1. The van der Waals surface area contributed by atoms with Gasteiger partial charge in [-0.15, -0.1) is 0 Å². The maximum Gasteiger partial charge on any atom is 0.253 e. The van der Waals surface area contributed by atoms with Gasteiger partial charge in [-0.05, 0) is 57.7 Å². The van der Waals surface area contributed by atoms with E-state index in [-0.39, 0.29) is 6.10 Å². The lowest BCUT2D eigenvalue weighted by molar-refractivity contribution is 0.240. The fourth-order valence-corrected chi connectivity index (χ4v) is 3.38. The van der Waals surface area contributed by atoms with E-state index in [1.165, 1.54) is 0 Å². The average Bonchev–Trinajstić information content (AvgIpc) is 2.69.